The molecule has 0 aromatic carbocycles. The summed E-state index contributed by atoms with van der Waals surface area (Å²) in [5.41, 5.74) is 0. The topological polar surface area (TPSA) is 32.7 Å². The van der Waals surface area contributed by atoms with Gasteiger partial charge in [-0.25, -0.2) is 0 Å². The second kappa shape index (κ2) is 6.10. The van der Waals surface area contributed by atoms with Gasteiger partial charge < -0.3 is 9.84 Å². The Kier molecular flexibility index (Phi) is 5.08. The van der Waals surface area contributed by atoms with Crippen molar-refractivity contribution >= 4 is 11.3 Å². The maximum absolute atomic E-state index is 8.95. The fourth-order valence-electron chi connectivity index (χ4n) is 1.40. The Morgan fingerprint density at radius 3 is 2.67 bits per heavy atom. The Morgan fingerprint density at radius 1 is 1.47 bits per heavy atom. The lowest BCUT2D eigenvalue weighted by atomic mass is 10.3. The van der Waals surface area contributed by atoms with E-state index in [0.717, 1.165) is 18.2 Å². The highest BCUT2D eigenvalue weighted by Gasteiger charge is 2.10. The summed E-state index contributed by atoms with van der Waals surface area (Å²) in [5, 5.41) is 9.89. The lowest BCUT2D eigenvalue weighted by molar-refractivity contribution is 0.160. The van der Waals surface area contributed by atoms with Crippen LogP contribution in [0.2, 0.25) is 0 Å². The number of aliphatic hydroxyl groups is 1. The van der Waals surface area contributed by atoms with Gasteiger partial charge in [-0.05, 0) is 26.0 Å². The number of nitrogens with zero attached hydrogens (tertiary/aromatic N) is 1. The molecule has 0 aliphatic carbocycles. The Labute approximate surface area is 95.3 Å². The molecule has 0 atom stereocenters. The summed E-state index contributed by atoms with van der Waals surface area (Å²) in [4.78, 5) is 3.51. The number of methoxy groups -OCH3 is 1. The van der Waals surface area contributed by atoms with Crippen LogP contribution in [0.3, 0.4) is 0 Å². The molecule has 0 aliphatic rings. The van der Waals surface area contributed by atoms with Crippen LogP contribution in [0.15, 0.2) is 12.1 Å². The van der Waals surface area contributed by atoms with E-state index in [1.807, 2.05) is 6.07 Å². The maximum Gasteiger partial charge on any atom is 0.173 e. The first-order valence-electron chi connectivity index (χ1n) is 5.15. The number of rotatable bonds is 6. The van der Waals surface area contributed by atoms with Crippen molar-refractivity contribution < 1.29 is 9.84 Å². The lowest BCUT2D eigenvalue weighted by Gasteiger charge is -2.24. The van der Waals surface area contributed by atoms with Crippen molar-refractivity contribution in [1.29, 1.82) is 0 Å². The second-order valence-corrected chi connectivity index (χ2v) is 4.84. The molecule has 0 aliphatic heterocycles. The predicted molar refractivity (Wildman–Crippen MR) is 63.5 cm³/mol. The molecule has 0 radical (unpaired) electrons. The van der Waals surface area contributed by atoms with Crippen molar-refractivity contribution in [3.8, 4) is 5.06 Å². The molecule has 1 N–H and O–H groups in total. The molecule has 86 valence electrons. The summed E-state index contributed by atoms with van der Waals surface area (Å²) in [6.07, 6.45) is 0. The van der Waals surface area contributed by atoms with Gasteiger partial charge in [0, 0.05) is 24.0 Å². The molecule has 0 spiro atoms. The van der Waals surface area contributed by atoms with Crippen LogP contribution in [0.25, 0.3) is 0 Å². The lowest BCUT2D eigenvalue weighted by Crippen LogP contribution is -2.32. The van der Waals surface area contributed by atoms with E-state index in [9.17, 15) is 0 Å². The fourth-order valence-corrected chi connectivity index (χ4v) is 2.25. The normalized spacial score (nSPS) is 11.3. The molecule has 1 aromatic heterocycles. The summed E-state index contributed by atoms with van der Waals surface area (Å²) in [6.45, 7) is 6.09. The van der Waals surface area contributed by atoms with Crippen LogP contribution < -0.4 is 4.74 Å². The summed E-state index contributed by atoms with van der Waals surface area (Å²) in [7, 11) is 1.68. The molecule has 3 nitrogen and oxygen atoms in total. The number of hydrogen-bond donors (Lipinski definition) is 1. The van der Waals surface area contributed by atoms with Gasteiger partial charge in [-0.15, -0.1) is 11.3 Å². The highest BCUT2D eigenvalue weighted by Crippen LogP contribution is 2.25. The fraction of sp³-hybridized carbons (Fsp3) is 0.636. The summed E-state index contributed by atoms with van der Waals surface area (Å²) < 4.78 is 5.15. The van der Waals surface area contributed by atoms with Gasteiger partial charge in [-0.3, -0.25) is 4.90 Å². The highest BCUT2D eigenvalue weighted by atomic mass is 32.1. The first kappa shape index (κ1) is 12.5. The largest absolute Gasteiger partial charge is 0.487 e. The third-order valence-electron chi connectivity index (χ3n) is 2.31. The number of aliphatic hydroxyl groups excluding tert-OH is 1. The van der Waals surface area contributed by atoms with Crippen LogP contribution in [0.5, 0.6) is 5.06 Å². The number of hydrogen-bond acceptors (Lipinski definition) is 4. The van der Waals surface area contributed by atoms with Gasteiger partial charge in [0.25, 0.3) is 0 Å². The van der Waals surface area contributed by atoms with E-state index in [1.54, 1.807) is 18.4 Å². The highest BCUT2D eigenvalue weighted by molar-refractivity contribution is 7.13. The molecule has 0 saturated heterocycles. The first-order chi connectivity index (χ1) is 7.17. The third-order valence-corrected chi connectivity index (χ3v) is 3.35. The molecule has 0 saturated carbocycles. The summed E-state index contributed by atoms with van der Waals surface area (Å²) in [6, 6.07) is 4.51. The molecular weight excluding hydrogens is 210 g/mol. The van der Waals surface area contributed by atoms with Crippen LogP contribution in [0.4, 0.5) is 0 Å². The molecule has 0 amide bonds. The maximum atomic E-state index is 8.95. The minimum atomic E-state index is 0.209. The van der Waals surface area contributed by atoms with E-state index in [0.29, 0.717) is 6.04 Å². The summed E-state index contributed by atoms with van der Waals surface area (Å²) in [5.74, 6) is 0. The van der Waals surface area contributed by atoms with Crippen molar-refractivity contribution in [2.45, 2.75) is 26.4 Å². The average Bonchev–Trinajstić information content (AvgIpc) is 2.65. The van der Waals surface area contributed by atoms with Crippen LogP contribution in [-0.2, 0) is 6.54 Å². The van der Waals surface area contributed by atoms with Gasteiger partial charge in [-0.2, -0.15) is 0 Å². The molecule has 1 rings (SSSR count). The zero-order valence-corrected chi connectivity index (χ0v) is 10.4. The zero-order valence-electron chi connectivity index (χ0n) is 9.56. The van der Waals surface area contributed by atoms with E-state index >= 15 is 0 Å². The molecular formula is C11H19NO2S. The molecule has 0 bridgehead atoms. The standard InChI is InChI=1S/C11H19NO2S/c1-9(2)12(6-7-13)8-10-4-5-11(14-3)15-10/h4-5,9,13H,6-8H2,1-3H3. The Bertz CT molecular complexity index is 286. The monoisotopic (exact) mass is 229 g/mol. The van der Waals surface area contributed by atoms with Crippen LogP contribution in [0.1, 0.15) is 18.7 Å². The predicted octanol–water partition coefficient (Wildman–Crippen LogP) is 1.96. The molecule has 0 fully saturated rings. The smallest absolute Gasteiger partial charge is 0.173 e. The minimum Gasteiger partial charge on any atom is -0.487 e. The van der Waals surface area contributed by atoms with Gasteiger partial charge in [0.15, 0.2) is 5.06 Å². The first-order valence-corrected chi connectivity index (χ1v) is 5.96. The van der Waals surface area contributed by atoms with E-state index < -0.39 is 0 Å². The quantitative estimate of drug-likeness (QED) is 0.809. The van der Waals surface area contributed by atoms with Gasteiger partial charge in [-0.1, -0.05) is 0 Å². The van der Waals surface area contributed by atoms with E-state index in [-0.39, 0.29) is 6.61 Å². The molecule has 4 heteroatoms. The Hall–Kier alpha value is -0.580. The molecule has 1 heterocycles. The molecule has 0 unspecified atom stereocenters. The van der Waals surface area contributed by atoms with Gasteiger partial charge in [0.1, 0.15) is 0 Å². The van der Waals surface area contributed by atoms with E-state index in [2.05, 4.69) is 24.8 Å². The van der Waals surface area contributed by atoms with Gasteiger partial charge >= 0.3 is 0 Å². The van der Waals surface area contributed by atoms with Crippen molar-refractivity contribution in [3.63, 3.8) is 0 Å². The van der Waals surface area contributed by atoms with Crippen molar-refractivity contribution in [2.24, 2.45) is 0 Å². The molecule has 1 aromatic rings. The van der Waals surface area contributed by atoms with Gasteiger partial charge in [0.05, 0.1) is 13.7 Å². The van der Waals surface area contributed by atoms with Crippen LogP contribution in [-0.4, -0.2) is 36.3 Å². The van der Waals surface area contributed by atoms with Crippen LogP contribution in [0, 0.1) is 0 Å². The molecule has 15 heavy (non-hydrogen) atoms. The SMILES string of the molecule is COc1ccc(CN(CCO)C(C)C)s1. The van der Waals surface area contributed by atoms with Crippen LogP contribution >= 0.6 is 11.3 Å². The Balaban J connectivity index is 2.57. The summed E-state index contributed by atoms with van der Waals surface area (Å²) >= 11 is 1.66. The van der Waals surface area contributed by atoms with Crippen molar-refractivity contribution in [2.75, 3.05) is 20.3 Å². The van der Waals surface area contributed by atoms with Crippen molar-refractivity contribution in [3.05, 3.63) is 17.0 Å². The minimum absolute atomic E-state index is 0.209. The number of thiophene rings is 1. The zero-order chi connectivity index (χ0) is 11.3. The number of ether oxygens (including phenoxy) is 1. The second-order valence-electron chi connectivity index (χ2n) is 3.71. The van der Waals surface area contributed by atoms with Gasteiger partial charge in [0.2, 0.25) is 0 Å². The third kappa shape index (κ3) is 3.81. The van der Waals surface area contributed by atoms with E-state index in [4.69, 9.17) is 9.84 Å². The Morgan fingerprint density at radius 2 is 2.20 bits per heavy atom. The van der Waals surface area contributed by atoms with Crippen molar-refractivity contribution in [1.82, 2.24) is 4.90 Å². The van der Waals surface area contributed by atoms with E-state index in [1.165, 1.54) is 4.88 Å². The average molecular weight is 229 g/mol.